The van der Waals surface area contributed by atoms with Crippen molar-refractivity contribution in [1.29, 1.82) is 0 Å². The SMILES string of the molecule is c1cc2c3c(ccc(-c4ccc5c6c(cccc46)-c4cc6c7ccccc7c7ccccc7c6cc4-5)c3c1)-c1cc3c4ccccc4c4ccccc4c3cc1-2. The summed E-state index contributed by atoms with van der Waals surface area (Å²) in [6, 6.07) is 68.9. The highest BCUT2D eigenvalue weighted by Gasteiger charge is 2.28. The number of hydrogen-bond donors (Lipinski definition) is 0. The van der Waals surface area contributed by atoms with Crippen LogP contribution in [0, 0.1) is 0 Å². The van der Waals surface area contributed by atoms with Gasteiger partial charge in [0.25, 0.3) is 0 Å². The molecule has 254 valence electrons. The molecule has 0 spiro atoms. The maximum Gasteiger partial charge on any atom is -0.00201 e. The highest BCUT2D eigenvalue weighted by Crippen LogP contribution is 2.55. The van der Waals surface area contributed by atoms with E-state index in [1.54, 1.807) is 0 Å². The third kappa shape index (κ3) is 3.51. The molecule has 0 unspecified atom stereocenters. The van der Waals surface area contributed by atoms with Crippen LogP contribution in [0.5, 0.6) is 0 Å². The minimum absolute atomic E-state index is 1.29. The zero-order valence-electron chi connectivity index (χ0n) is 30.3. The summed E-state index contributed by atoms with van der Waals surface area (Å²) < 4.78 is 0. The van der Waals surface area contributed by atoms with Crippen molar-refractivity contribution < 1.29 is 0 Å². The molecule has 2 aliphatic carbocycles. The van der Waals surface area contributed by atoms with Crippen LogP contribution in [0.15, 0.2) is 182 Å². The molecule has 12 aromatic rings. The van der Waals surface area contributed by atoms with Crippen LogP contribution >= 0.6 is 0 Å². The zero-order valence-corrected chi connectivity index (χ0v) is 30.3. The molecule has 0 N–H and O–H groups in total. The van der Waals surface area contributed by atoms with Crippen LogP contribution in [0.2, 0.25) is 0 Å². The highest BCUT2D eigenvalue weighted by molar-refractivity contribution is 6.31. The predicted octanol–water partition coefficient (Wildman–Crippen LogP) is 15.9. The quantitative estimate of drug-likeness (QED) is 0.149. The summed E-state index contributed by atoms with van der Waals surface area (Å²) in [5.41, 5.74) is 13.2. The van der Waals surface area contributed by atoms with Gasteiger partial charge in [-0.05, 0) is 166 Å². The normalized spacial score (nSPS) is 12.6. The van der Waals surface area contributed by atoms with E-state index >= 15 is 0 Å². The molecule has 0 aliphatic heterocycles. The molecule has 0 fully saturated rings. The summed E-state index contributed by atoms with van der Waals surface area (Å²) in [5, 5.41) is 21.2. The first-order valence-corrected chi connectivity index (χ1v) is 19.7. The van der Waals surface area contributed by atoms with Crippen molar-refractivity contribution >= 4 is 86.2 Å². The molecule has 56 heavy (non-hydrogen) atoms. The summed E-state index contributed by atoms with van der Waals surface area (Å²) in [5.74, 6) is 0. The lowest BCUT2D eigenvalue weighted by atomic mass is 9.89. The number of rotatable bonds is 1. The fraction of sp³-hybridized carbons (Fsp3) is 0. The molecule has 0 aromatic heterocycles. The smallest absolute Gasteiger partial charge is 0.00201 e. The van der Waals surface area contributed by atoms with Gasteiger partial charge in [-0.3, -0.25) is 0 Å². The van der Waals surface area contributed by atoms with Gasteiger partial charge in [0, 0.05) is 0 Å². The fourth-order valence-electron chi connectivity index (χ4n) is 11.0. The average molecular weight is 703 g/mol. The number of benzene rings is 12. The molecule has 0 nitrogen and oxygen atoms in total. The third-order valence-electron chi connectivity index (χ3n) is 13.3. The van der Waals surface area contributed by atoms with Gasteiger partial charge in [0.1, 0.15) is 0 Å². The molecule has 12 aromatic carbocycles. The van der Waals surface area contributed by atoms with Crippen LogP contribution < -0.4 is 0 Å². The zero-order chi connectivity index (χ0) is 36.2. The van der Waals surface area contributed by atoms with Gasteiger partial charge in [-0.1, -0.05) is 158 Å². The van der Waals surface area contributed by atoms with Crippen LogP contribution in [-0.4, -0.2) is 0 Å². The van der Waals surface area contributed by atoms with Crippen LogP contribution in [0.25, 0.3) is 142 Å². The van der Waals surface area contributed by atoms with Gasteiger partial charge in [-0.2, -0.15) is 0 Å². The molecular formula is C56H30. The van der Waals surface area contributed by atoms with Crippen molar-refractivity contribution in [2.45, 2.75) is 0 Å². The second-order valence-electron chi connectivity index (χ2n) is 15.8. The molecule has 0 saturated heterocycles. The van der Waals surface area contributed by atoms with Crippen molar-refractivity contribution in [3.63, 3.8) is 0 Å². The maximum atomic E-state index is 2.47. The van der Waals surface area contributed by atoms with Gasteiger partial charge < -0.3 is 0 Å². The minimum Gasteiger partial charge on any atom is -0.0616 e. The molecule has 14 rings (SSSR count). The van der Waals surface area contributed by atoms with E-state index in [4.69, 9.17) is 0 Å². The summed E-state index contributed by atoms with van der Waals surface area (Å²) in [7, 11) is 0. The lowest BCUT2D eigenvalue weighted by molar-refractivity contribution is 1.70. The molecule has 0 atom stereocenters. The van der Waals surface area contributed by atoms with Crippen molar-refractivity contribution in [2.75, 3.05) is 0 Å². The Kier molecular flexibility index (Phi) is 5.34. The first kappa shape index (κ1) is 29.1. The summed E-state index contributed by atoms with van der Waals surface area (Å²) in [6.07, 6.45) is 0. The van der Waals surface area contributed by atoms with E-state index in [9.17, 15) is 0 Å². The first-order valence-electron chi connectivity index (χ1n) is 19.7. The Morgan fingerprint density at radius 2 is 0.375 bits per heavy atom. The van der Waals surface area contributed by atoms with E-state index in [0.29, 0.717) is 0 Å². The monoisotopic (exact) mass is 702 g/mol. The van der Waals surface area contributed by atoms with Gasteiger partial charge in [0.15, 0.2) is 0 Å². The lowest BCUT2D eigenvalue weighted by Crippen LogP contribution is -1.87. The summed E-state index contributed by atoms with van der Waals surface area (Å²) >= 11 is 0. The fourth-order valence-corrected chi connectivity index (χ4v) is 11.0. The summed E-state index contributed by atoms with van der Waals surface area (Å²) in [6.45, 7) is 0. The van der Waals surface area contributed by atoms with Crippen molar-refractivity contribution in [3.05, 3.63) is 182 Å². The molecule has 0 heterocycles. The molecular weight excluding hydrogens is 673 g/mol. The van der Waals surface area contributed by atoms with E-state index in [2.05, 4.69) is 182 Å². The van der Waals surface area contributed by atoms with Gasteiger partial charge in [-0.25, -0.2) is 0 Å². The Morgan fingerprint density at radius 3 is 0.679 bits per heavy atom. The van der Waals surface area contributed by atoms with Gasteiger partial charge in [0.2, 0.25) is 0 Å². The molecule has 0 saturated carbocycles. The molecule has 0 amide bonds. The first-order chi connectivity index (χ1) is 27.8. The van der Waals surface area contributed by atoms with Crippen LogP contribution in [0.4, 0.5) is 0 Å². The maximum absolute atomic E-state index is 2.47. The second-order valence-corrected chi connectivity index (χ2v) is 15.8. The second kappa shape index (κ2) is 10.3. The Balaban J connectivity index is 1.01. The van der Waals surface area contributed by atoms with Crippen LogP contribution in [-0.2, 0) is 0 Å². The summed E-state index contributed by atoms with van der Waals surface area (Å²) in [4.78, 5) is 0. The Bertz CT molecular complexity index is 3380. The van der Waals surface area contributed by atoms with Crippen molar-refractivity contribution in [1.82, 2.24) is 0 Å². The average Bonchev–Trinajstić information content (AvgIpc) is 3.76. The minimum atomic E-state index is 1.29. The number of hydrogen-bond acceptors (Lipinski definition) is 0. The topological polar surface area (TPSA) is 0 Å². The standard InChI is InChI=1S/C56H30/c1-5-15-35-31(11-1)33-13-3-7-17-37(33)49-29-53-45-25-23-39(41-19-9-21-43(55(41)45)51(53)27-47(35)49)40-24-26-46-54-30-50-38-18-8-4-14-34(38)32-12-2-6-16-36(32)48(50)28-52(54)44-22-10-20-42(40)56(44)46/h1-30H. The third-order valence-corrected chi connectivity index (χ3v) is 13.3. The van der Waals surface area contributed by atoms with Crippen LogP contribution in [0.1, 0.15) is 0 Å². The van der Waals surface area contributed by atoms with Gasteiger partial charge in [0.05, 0.1) is 0 Å². The highest BCUT2D eigenvalue weighted by atomic mass is 14.3. The van der Waals surface area contributed by atoms with Gasteiger partial charge in [-0.15, -0.1) is 0 Å². The Labute approximate surface area is 322 Å². The lowest BCUT2D eigenvalue weighted by Gasteiger charge is -2.14. The van der Waals surface area contributed by atoms with E-state index < -0.39 is 0 Å². The van der Waals surface area contributed by atoms with Gasteiger partial charge >= 0.3 is 0 Å². The number of fused-ring (bicyclic) bond motifs is 18. The molecule has 2 aliphatic rings. The van der Waals surface area contributed by atoms with E-state index in [1.165, 1.54) is 142 Å². The molecule has 0 radical (unpaired) electrons. The molecule has 0 bridgehead atoms. The Hall–Kier alpha value is -7.28. The van der Waals surface area contributed by atoms with Crippen LogP contribution in [0.3, 0.4) is 0 Å². The van der Waals surface area contributed by atoms with Crippen molar-refractivity contribution in [2.24, 2.45) is 0 Å². The van der Waals surface area contributed by atoms with E-state index in [1.807, 2.05) is 0 Å². The van der Waals surface area contributed by atoms with E-state index in [0.717, 1.165) is 0 Å². The predicted molar refractivity (Wildman–Crippen MR) is 241 cm³/mol. The van der Waals surface area contributed by atoms with Crippen molar-refractivity contribution in [3.8, 4) is 55.6 Å². The van der Waals surface area contributed by atoms with E-state index in [-0.39, 0.29) is 0 Å². The molecule has 0 heteroatoms. The Morgan fingerprint density at radius 1 is 0.143 bits per heavy atom. The largest absolute Gasteiger partial charge is 0.0616 e.